The van der Waals surface area contributed by atoms with Crippen molar-refractivity contribution in [2.24, 2.45) is 5.84 Å². The molecule has 1 fully saturated rings. The Hall–Kier alpha value is -0.500. The van der Waals surface area contributed by atoms with Gasteiger partial charge in [0.15, 0.2) is 0 Å². The number of hydrazine groups is 1. The highest BCUT2D eigenvalue weighted by Crippen LogP contribution is 2.11. The number of nitrogens with zero attached hydrogens (tertiary/aromatic N) is 1. The molecule has 1 rings (SSSR count). The monoisotopic (exact) mass is 84.1 g/mol. The summed E-state index contributed by atoms with van der Waals surface area (Å²) in [5.41, 5.74) is 1.05. The molecule has 0 amide bonds. The Bertz CT molecular complexity index is 77.6. The fraction of sp³-hybridized carbons (Fsp3) is 0.500. The van der Waals surface area contributed by atoms with Crippen LogP contribution in [-0.2, 0) is 0 Å². The van der Waals surface area contributed by atoms with E-state index in [1.54, 1.807) is 5.01 Å². The highest BCUT2D eigenvalue weighted by molar-refractivity contribution is 5.00. The molecule has 1 heterocycles. The van der Waals surface area contributed by atoms with Gasteiger partial charge >= 0.3 is 0 Å². The first-order valence-electron chi connectivity index (χ1n) is 2.01. The fourth-order valence-corrected chi connectivity index (χ4v) is 0.399. The van der Waals surface area contributed by atoms with Gasteiger partial charge in [0.2, 0.25) is 0 Å². The summed E-state index contributed by atoms with van der Waals surface area (Å²) in [5.74, 6) is 5.26. The van der Waals surface area contributed by atoms with E-state index >= 15 is 0 Å². The highest BCUT2D eigenvalue weighted by atomic mass is 15.4. The predicted molar refractivity (Wildman–Crippen MR) is 24.7 cm³/mol. The van der Waals surface area contributed by atoms with Gasteiger partial charge in [0.1, 0.15) is 0 Å². The van der Waals surface area contributed by atoms with Crippen molar-refractivity contribution in [1.29, 1.82) is 0 Å². The van der Waals surface area contributed by atoms with Gasteiger partial charge in [-0.25, -0.2) is 5.84 Å². The predicted octanol–water partition coefficient (Wildman–Crippen LogP) is 0.0795. The SMILES string of the molecule is C=C1CCN1N. The topological polar surface area (TPSA) is 29.3 Å². The van der Waals surface area contributed by atoms with Gasteiger partial charge in [-0.05, 0) is 0 Å². The Balaban J connectivity index is 2.39. The van der Waals surface area contributed by atoms with Gasteiger partial charge in [-0.15, -0.1) is 0 Å². The van der Waals surface area contributed by atoms with Crippen molar-refractivity contribution in [2.45, 2.75) is 6.42 Å². The molecular formula is C4H8N2. The summed E-state index contributed by atoms with van der Waals surface area (Å²) >= 11 is 0. The molecule has 6 heavy (non-hydrogen) atoms. The van der Waals surface area contributed by atoms with Gasteiger partial charge in [0.25, 0.3) is 0 Å². The molecule has 2 heteroatoms. The van der Waals surface area contributed by atoms with E-state index in [-0.39, 0.29) is 0 Å². The van der Waals surface area contributed by atoms with Gasteiger partial charge in [0, 0.05) is 18.7 Å². The minimum absolute atomic E-state index is 0.985. The second-order valence-electron chi connectivity index (χ2n) is 1.51. The van der Waals surface area contributed by atoms with Crippen molar-refractivity contribution < 1.29 is 0 Å². The van der Waals surface area contributed by atoms with E-state index in [4.69, 9.17) is 5.84 Å². The average Bonchev–Trinajstić information content (AvgIpc) is 1.61. The van der Waals surface area contributed by atoms with Crippen molar-refractivity contribution >= 4 is 0 Å². The molecule has 34 valence electrons. The van der Waals surface area contributed by atoms with Gasteiger partial charge in [-0.2, -0.15) is 0 Å². The first-order chi connectivity index (χ1) is 2.80. The van der Waals surface area contributed by atoms with Crippen LogP contribution in [0, 0.1) is 0 Å². The molecule has 0 bridgehead atoms. The van der Waals surface area contributed by atoms with Crippen molar-refractivity contribution in [1.82, 2.24) is 5.01 Å². The number of hydrogen-bond acceptors (Lipinski definition) is 2. The standard InChI is InChI=1S/C4H8N2/c1-4-2-3-6(4)5/h1-3,5H2. The minimum Gasteiger partial charge on any atom is -0.315 e. The minimum atomic E-state index is 0.985. The first-order valence-corrected chi connectivity index (χ1v) is 2.01. The van der Waals surface area contributed by atoms with E-state index in [1.807, 2.05) is 0 Å². The Kier molecular flexibility index (Phi) is 0.601. The molecule has 0 atom stereocenters. The molecule has 0 saturated carbocycles. The van der Waals surface area contributed by atoms with Gasteiger partial charge < -0.3 is 5.01 Å². The fourth-order valence-electron chi connectivity index (χ4n) is 0.399. The third kappa shape index (κ3) is 0.303. The summed E-state index contributed by atoms with van der Waals surface area (Å²) in [6.45, 7) is 4.63. The van der Waals surface area contributed by atoms with Crippen LogP contribution in [0.4, 0.5) is 0 Å². The largest absolute Gasteiger partial charge is 0.315 e. The van der Waals surface area contributed by atoms with Crippen LogP contribution in [0.15, 0.2) is 12.3 Å². The van der Waals surface area contributed by atoms with Crippen LogP contribution in [0.5, 0.6) is 0 Å². The van der Waals surface area contributed by atoms with Crippen LogP contribution in [0.25, 0.3) is 0 Å². The lowest BCUT2D eigenvalue weighted by Gasteiger charge is -2.29. The second-order valence-corrected chi connectivity index (χ2v) is 1.51. The van der Waals surface area contributed by atoms with E-state index in [9.17, 15) is 0 Å². The van der Waals surface area contributed by atoms with Crippen LogP contribution >= 0.6 is 0 Å². The maximum Gasteiger partial charge on any atom is 0.0393 e. The van der Waals surface area contributed by atoms with Crippen LogP contribution in [0.1, 0.15) is 6.42 Å². The zero-order chi connectivity index (χ0) is 4.57. The molecule has 0 aliphatic carbocycles. The lowest BCUT2D eigenvalue weighted by molar-refractivity contribution is 0.266. The third-order valence-corrected chi connectivity index (χ3v) is 1.05. The van der Waals surface area contributed by atoms with E-state index in [0.717, 1.165) is 18.7 Å². The van der Waals surface area contributed by atoms with Crippen LogP contribution in [0.3, 0.4) is 0 Å². The molecule has 0 unspecified atom stereocenters. The van der Waals surface area contributed by atoms with Crippen molar-refractivity contribution in [2.75, 3.05) is 6.54 Å². The summed E-state index contributed by atoms with van der Waals surface area (Å²) in [6, 6.07) is 0. The molecule has 2 N–H and O–H groups in total. The Morgan fingerprint density at radius 2 is 2.33 bits per heavy atom. The molecule has 2 nitrogen and oxygen atoms in total. The van der Waals surface area contributed by atoms with Crippen LogP contribution in [-0.4, -0.2) is 11.6 Å². The Morgan fingerprint density at radius 3 is 2.33 bits per heavy atom. The van der Waals surface area contributed by atoms with Crippen molar-refractivity contribution in [3.05, 3.63) is 12.3 Å². The molecule has 1 aliphatic rings. The van der Waals surface area contributed by atoms with E-state index in [0.29, 0.717) is 0 Å². The molecule has 1 aliphatic heterocycles. The maximum absolute atomic E-state index is 5.26. The zero-order valence-corrected chi connectivity index (χ0v) is 3.65. The van der Waals surface area contributed by atoms with Crippen LogP contribution < -0.4 is 5.84 Å². The maximum atomic E-state index is 5.26. The number of hydrogen-bond donors (Lipinski definition) is 1. The normalized spacial score (nSPS) is 20.8. The zero-order valence-electron chi connectivity index (χ0n) is 3.65. The summed E-state index contributed by atoms with van der Waals surface area (Å²) in [4.78, 5) is 0. The molecule has 1 saturated heterocycles. The van der Waals surface area contributed by atoms with Crippen molar-refractivity contribution in [3.63, 3.8) is 0 Å². The lowest BCUT2D eigenvalue weighted by atomic mass is 10.2. The molecule has 0 aromatic carbocycles. The molecule has 0 aromatic rings. The average molecular weight is 84.1 g/mol. The lowest BCUT2D eigenvalue weighted by Crippen LogP contribution is -2.39. The summed E-state index contributed by atoms with van der Waals surface area (Å²) < 4.78 is 0. The van der Waals surface area contributed by atoms with E-state index in [1.165, 1.54) is 0 Å². The smallest absolute Gasteiger partial charge is 0.0393 e. The third-order valence-electron chi connectivity index (χ3n) is 1.05. The summed E-state index contributed by atoms with van der Waals surface area (Å²) in [6.07, 6.45) is 1.08. The Morgan fingerprint density at radius 1 is 1.83 bits per heavy atom. The Labute approximate surface area is 37.2 Å². The quantitative estimate of drug-likeness (QED) is 0.421. The van der Waals surface area contributed by atoms with Gasteiger partial charge in [0.05, 0.1) is 0 Å². The van der Waals surface area contributed by atoms with Crippen molar-refractivity contribution in [3.8, 4) is 0 Å². The molecular weight excluding hydrogens is 76.1 g/mol. The molecule has 0 spiro atoms. The molecule has 0 radical (unpaired) electrons. The summed E-state index contributed by atoms with van der Waals surface area (Å²) in [5, 5.41) is 1.65. The molecule has 0 aromatic heterocycles. The first kappa shape index (κ1) is 3.68. The number of nitrogens with two attached hydrogens (primary N) is 1. The highest BCUT2D eigenvalue weighted by Gasteiger charge is 2.11. The van der Waals surface area contributed by atoms with Gasteiger partial charge in [-0.1, -0.05) is 6.58 Å². The van der Waals surface area contributed by atoms with Gasteiger partial charge in [-0.3, -0.25) is 0 Å². The summed E-state index contributed by atoms with van der Waals surface area (Å²) in [7, 11) is 0. The van der Waals surface area contributed by atoms with E-state index in [2.05, 4.69) is 6.58 Å². The number of rotatable bonds is 0. The van der Waals surface area contributed by atoms with E-state index < -0.39 is 0 Å². The second kappa shape index (κ2) is 0.980. The van der Waals surface area contributed by atoms with Crippen LogP contribution in [0.2, 0.25) is 0 Å².